The molecule has 220 valence electrons. The Morgan fingerprint density at radius 2 is 1.76 bits per heavy atom. The molecule has 2 aromatic heterocycles. The molecule has 10 heteroatoms. The lowest BCUT2D eigenvalue weighted by Gasteiger charge is -2.41. The number of hydrogen-bond acceptors (Lipinski definition) is 7. The normalized spacial score (nSPS) is 18.1. The molecule has 1 N–H and O–H groups in total. The van der Waals surface area contributed by atoms with Crippen molar-refractivity contribution in [3.8, 4) is 17.0 Å². The molecule has 0 radical (unpaired) electrons. The zero-order valence-electron chi connectivity index (χ0n) is 25.0. The Bertz CT molecular complexity index is 1470. The van der Waals surface area contributed by atoms with E-state index in [-0.39, 0.29) is 23.1 Å². The molecule has 2 aliphatic heterocycles. The smallest absolute Gasteiger partial charge is 0.413 e. The van der Waals surface area contributed by atoms with Crippen LogP contribution in [0.25, 0.3) is 21.9 Å². The predicted molar refractivity (Wildman–Crippen MR) is 159 cm³/mol. The van der Waals surface area contributed by atoms with E-state index in [2.05, 4.69) is 49.1 Å². The van der Waals surface area contributed by atoms with Crippen LogP contribution in [0.1, 0.15) is 62.8 Å². The van der Waals surface area contributed by atoms with Gasteiger partial charge in [-0.2, -0.15) is 0 Å². The average molecular weight is 582 g/mol. The molecule has 1 atom stereocenters. The fraction of sp³-hybridized carbons (Fsp3) is 0.516. The number of pyridine rings is 2. The summed E-state index contributed by atoms with van der Waals surface area (Å²) in [6.07, 6.45) is 4.40. The number of ether oxygens (including phenoxy) is 3. The molecular formula is C31H40FN3O5Si. The van der Waals surface area contributed by atoms with Gasteiger partial charge in [0.25, 0.3) is 0 Å². The Balaban J connectivity index is 1.49. The lowest BCUT2D eigenvalue weighted by Crippen LogP contribution is -2.42. The van der Waals surface area contributed by atoms with Crippen molar-refractivity contribution in [1.29, 1.82) is 0 Å². The van der Waals surface area contributed by atoms with E-state index >= 15 is 4.39 Å². The predicted octanol–water partition coefficient (Wildman–Crippen LogP) is 7.63. The first-order valence-electron chi connectivity index (χ1n) is 14.3. The summed E-state index contributed by atoms with van der Waals surface area (Å²) in [5.41, 5.74) is 3.38. The van der Waals surface area contributed by atoms with Crippen LogP contribution < -0.4 is 10.1 Å². The summed E-state index contributed by atoms with van der Waals surface area (Å²) in [6, 6.07) is 3.53. The van der Waals surface area contributed by atoms with Gasteiger partial charge in [0.15, 0.2) is 8.32 Å². The number of amides is 1. The number of carbonyl (C=O) groups is 1. The van der Waals surface area contributed by atoms with Gasteiger partial charge < -0.3 is 18.6 Å². The number of nitrogens with one attached hydrogen (secondary N) is 1. The van der Waals surface area contributed by atoms with E-state index in [1.165, 1.54) is 0 Å². The largest absolute Gasteiger partial charge is 0.477 e. The Kier molecular flexibility index (Phi) is 8.11. The third kappa shape index (κ3) is 5.96. The van der Waals surface area contributed by atoms with Crippen molar-refractivity contribution in [3.05, 3.63) is 47.0 Å². The molecule has 5 rings (SSSR count). The molecule has 4 heterocycles. The minimum Gasteiger partial charge on any atom is -0.477 e. The molecule has 0 spiro atoms. The molecule has 8 nitrogen and oxygen atoms in total. The minimum absolute atomic E-state index is 0.0446. The third-order valence-corrected chi connectivity index (χ3v) is 13.2. The number of aromatic nitrogens is 2. The third-order valence-electron chi connectivity index (χ3n) is 8.70. The molecule has 1 aromatic carbocycles. The average Bonchev–Trinajstić information content (AvgIpc) is 2.91. The number of aryl methyl sites for hydroxylation is 1. The fourth-order valence-corrected chi connectivity index (χ4v) is 6.50. The van der Waals surface area contributed by atoms with Crippen LogP contribution in [0.3, 0.4) is 0 Å². The summed E-state index contributed by atoms with van der Waals surface area (Å²) in [7, 11) is -2.09. The van der Waals surface area contributed by atoms with Crippen molar-refractivity contribution in [1.82, 2.24) is 9.97 Å². The standard InChI is InChI=1S/C31H40FN3O5Si/c1-18-24(17-34-29-27(18)25(10-13-38-29)40-41(6,7)31(3,4)5)22-14-20-15-26(33-16-23(20)19(2)28(22)32)35-30(36)39-21-8-11-37-12-9-21/h14-17,21,25H,8-13H2,1-7H3,(H,33,35,36). The second-order valence-corrected chi connectivity index (χ2v) is 17.3. The maximum absolute atomic E-state index is 15.9. The van der Waals surface area contributed by atoms with E-state index in [0.29, 0.717) is 66.4 Å². The van der Waals surface area contributed by atoms with E-state index in [1.807, 2.05) is 6.92 Å². The van der Waals surface area contributed by atoms with Crippen molar-refractivity contribution in [2.75, 3.05) is 25.1 Å². The molecule has 41 heavy (non-hydrogen) atoms. The van der Waals surface area contributed by atoms with E-state index in [1.54, 1.807) is 31.5 Å². The van der Waals surface area contributed by atoms with Crippen LogP contribution in [-0.2, 0) is 13.9 Å². The minimum atomic E-state index is -2.09. The van der Waals surface area contributed by atoms with Crippen molar-refractivity contribution in [3.63, 3.8) is 0 Å². The lowest BCUT2D eigenvalue weighted by molar-refractivity contribution is 0.00590. The second-order valence-electron chi connectivity index (χ2n) is 12.5. The van der Waals surface area contributed by atoms with E-state index < -0.39 is 14.4 Å². The highest BCUT2D eigenvalue weighted by Gasteiger charge is 2.41. The SMILES string of the molecule is Cc1c(-c2cc3cc(NC(=O)OC4CCOCC4)ncc3c(C)c2F)cnc2c1C(O[Si](C)(C)C(C)(C)C)CCO2. The molecule has 0 bridgehead atoms. The second kappa shape index (κ2) is 11.3. The van der Waals surface area contributed by atoms with Gasteiger partial charge in [-0.1, -0.05) is 20.8 Å². The van der Waals surface area contributed by atoms with Crippen LogP contribution in [0, 0.1) is 19.7 Å². The molecule has 1 fully saturated rings. The van der Waals surface area contributed by atoms with Crippen LogP contribution in [0.15, 0.2) is 24.5 Å². The maximum Gasteiger partial charge on any atom is 0.413 e. The van der Waals surface area contributed by atoms with Gasteiger partial charge in [0.1, 0.15) is 17.7 Å². The highest BCUT2D eigenvalue weighted by Crippen LogP contribution is 2.46. The first-order valence-corrected chi connectivity index (χ1v) is 17.2. The van der Waals surface area contributed by atoms with Crippen LogP contribution >= 0.6 is 0 Å². The summed E-state index contributed by atoms with van der Waals surface area (Å²) in [5.74, 6) is 0.559. The summed E-state index contributed by atoms with van der Waals surface area (Å²) < 4.78 is 39.5. The zero-order chi connectivity index (χ0) is 29.5. The number of nitrogens with zero attached hydrogens (tertiary/aromatic N) is 2. The maximum atomic E-state index is 15.9. The molecular weight excluding hydrogens is 541 g/mol. The molecule has 1 saturated heterocycles. The van der Waals surface area contributed by atoms with Crippen LogP contribution in [-0.4, -0.2) is 50.3 Å². The quantitative estimate of drug-likeness (QED) is 0.310. The van der Waals surface area contributed by atoms with Crippen molar-refractivity contribution >= 4 is 31.0 Å². The van der Waals surface area contributed by atoms with Crippen LogP contribution in [0.4, 0.5) is 15.0 Å². The molecule has 0 aliphatic carbocycles. The highest BCUT2D eigenvalue weighted by atomic mass is 28.4. The van der Waals surface area contributed by atoms with Gasteiger partial charge in [0.05, 0.1) is 25.9 Å². The molecule has 1 amide bonds. The molecule has 0 saturated carbocycles. The monoisotopic (exact) mass is 581 g/mol. The van der Waals surface area contributed by atoms with Gasteiger partial charge in [-0.3, -0.25) is 5.32 Å². The van der Waals surface area contributed by atoms with E-state index in [9.17, 15) is 4.79 Å². The molecule has 2 aliphatic rings. The first kappa shape index (κ1) is 29.4. The van der Waals surface area contributed by atoms with E-state index in [4.69, 9.17) is 18.6 Å². The van der Waals surface area contributed by atoms with Crippen molar-refractivity contribution < 1.29 is 27.8 Å². The Morgan fingerprint density at radius 1 is 1.02 bits per heavy atom. The Hall–Kier alpha value is -3.08. The lowest BCUT2D eigenvalue weighted by atomic mass is 9.91. The van der Waals surface area contributed by atoms with Crippen molar-refractivity contribution in [2.24, 2.45) is 0 Å². The topological polar surface area (TPSA) is 91.8 Å². The summed E-state index contributed by atoms with van der Waals surface area (Å²) in [5, 5.41) is 4.18. The Morgan fingerprint density at radius 3 is 2.46 bits per heavy atom. The molecule has 1 unspecified atom stereocenters. The number of hydrogen-bond donors (Lipinski definition) is 1. The number of anilines is 1. The number of carbonyl (C=O) groups excluding carboxylic acids is 1. The van der Waals surface area contributed by atoms with Crippen molar-refractivity contribution in [2.45, 2.75) is 84.2 Å². The number of fused-ring (bicyclic) bond motifs is 2. The van der Waals surface area contributed by atoms with Gasteiger partial charge in [-0.05, 0) is 60.6 Å². The number of rotatable bonds is 5. The fourth-order valence-electron chi connectivity index (χ4n) is 5.20. The van der Waals surface area contributed by atoms with Crippen LogP contribution in [0.2, 0.25) is 18.1 Å². The summed E-state index contributed by atoms with van der Waals surface area (Å²) in [6.45, 7) is 16.5. The van der Waals surface area contributed by atoms with E-state index in [0.717, 1.165) is 22.9 Å². The zero-order valence-corrected chi connectivity index (χ0v) is 26.0. The van der Waals surface area contributed by atoms with Gasteiger partial charge in [-0.25, -0.2) is 19.2 Å². The molecule has 3 aromatic rings. The van der Waals surface area contributed by atoms with Gasteiger partial charge in [0, 0.05) is 53.7 Å². The Labute approximate surface area is 242 Å². The number of benzene rings is 1. The van der Waals surface area contributed by atoms with Gasteiger partial charge >= 0.3 is 6.09 Å². The summed E-state index contributed by atoms with van der Waals surface area (Å²) >= 11 is 0. The van der Waals surface area contributed by atoms with Crippen LogP contribution in [0.5, 0.6) is 5.88 Å². The first-order chi connectivity index (χ1) is 19.4. The van der Waals surface area contributed by atoms with Gasteiger partial charge in [-0.15, -0.1) is 0 Å². The number of halogens is 1. The summed E-state index contributed by atoms with van der Waals surface area (Å²) in [4.78, 5) is 21.4. The highest BCUT2D eigenvalue weighted by molar-refractivity contribution is 6.74. The van der Waals surface area contributed by atoms with Gasteiger partial charge in [0.2, 0.25) is 5.88 Å².